The van der Waals surface area contributed by atoms with Gasteiger partial charge in [-0.15, -0.1) is 0 Å². The molecule has 1 aliphatic rings. The fourth-order valence-electron chi connectivity index (χ4n) is 3.33. The number of hydrogen-bond acceptors (Lipinski definition) is 3. The van der Waals surface area contributed by atoms with Crippen molar-refractivity contribution in [2.75, 3.05) is 40.3 Å². The van der Waals surface area contributed by atoms with Crippen LogP contribution in [0, 0.1) is 5.92 Å². The van der Waals surface area contributed by atoms with Crippen LogP contribution in [0.25, 0.3) is 10.8 Å². The van der Waals surface area contributed by atoms with Gasteiger partial charge in [0.2, 0.25) is 0 Å². The molecule has 0 bridgehead atoms. The van der Waals surface area contributed by atoms with Crippen molar-refractivity contribution in [2.45, 2.75) is 12.8 Å². The number of carbonyl (C=O) groups excluding carboxylic acids is 2. The van der Waals surface area contributed by atoms with Crippen LogP contribution in [-0.4, -0.2) is 62.1 Å². The zero-order chi connectivity index (χ0) is 19.2. The van der Waals surface area contributed by atoms with E-state index in [9.17, 15) is 9.59 Å². The van der Waals surface area contributed by atoms with E-state index in [0.29, 0.717) is 18.2 Å². The van der Waals surface area contributed by atoms with Crippen molar-refractivity contribution in [2.24, 2.45) is 5.92 Å². The number of benzene rings is 2. The Morgan fingerprint density at radius 2 is 1.81 bits per heavy atom. The van der Waals surface area contributed by atoms with Crippen LogP contribution in [0.1, 0.15) is 12.8 Å². The SMILES string of the molecule is CN(C)C(=O)N1CCC(CNC(=O)COc2ccc3ccccc3c2)CC1. The number of nitrogens with one attached hydrogen (secondary N) is 1. The molecule has 2 aromatic carbocycles. The zero-order valence-corrected chi connectivity index (χ0v) is 16.0. The van der Waals surface area contributed by atoms with Gasteiger partial charge in [-0.05, 0) is 41.7 Å². The predicted molar refractivity (Wildman–Crippen MR) is 106 cm³/mol. The number of carbonyl (C=O) groups is 2. The second kappa shape index (κ2) is 8.75. The Morgan fingerprint density at radius 3 is 2.52 bits per heavy atom. The summed E-state index contributed by atoms with van der Waals surface area (Å²) >= 11 is 0. The molecule has 1 aliphatic heterocycles. The molecule has 1 saturated heterocycles. The molecule has 0 unspecified atom stereocenters. The van der Waals surface area contributed by atoms with Gasteiger partial charge in [0.15, 0.2) is 6.61 Å². The summed E-state index contributed by atoms with van der Waals surface area (Å²) in [6, 6.07) is 13.9. The normalized spacial score (nSPS) is 14.8. The van der Waals surface area contributed by atoms with Crippen LogP contribution < -0.4 is 10.1 Å². The fourth-order valence-corrected chi connectivity index (χ4v) is 3.33. The van der Waals surface area contributed by atoms with E-state index < -0.39 is 0 Å². The van der Waals surface area contributed by atoms with E-state index >= 15 is 0 Å². The van der Waals surface area contributed by atoms with Gasteiger partial charge in [-0.2, -0.15) is 0 Å². The number of urea groups is 1. The minimum absolute atomic E-state index is 0.0102. The molecule has 0 saturated carbocycles. The van der Waals surface area contributed by atoms with Crippen molar-refractivity contribution in [3.63, 3.8) is 0 Å². The monoisotopic (exact) mass is 369 g/mol. The molecular formula is C21H27N3O3. The highest BCUT2D eigenvalue weighted by atomic mass is 16.5. The van der Waals surface area contributed by atoms with Gasteiger partial charge in [-0.1, -0.05) is 30.3 Å². The van der Waals surface area contributed by atoms with Crippen LogP contribution in [0.4, 0.5) is 4.79 Å². The number of rotatable bonds is 5. The summed E-state index contributed by atoms with van der Waals surface area (Å²) in [5.41, 5.74) is 0. The van der Waals surface area contributed by atoms with Crippen LogP contribution in [0.3, 0.4) is 0 Å². The summed E-state index contributed by atoms with van der Waals surface area (Å²) in [5.74, 6) is 0.982. The van der Waals surface area contributed by atoms with E-state index in [1.165, 1.54) is 0 Å². The van der Waals surface area contributed by atoms with Crippen molar-refractivity contribution >= 4 is 22.7 Å². The predicted octanol–water partition coefficient (Wildman–Crippen LogP) is 2.73. The molecule has 3 amide bonds. The van der Waals surface area contributed by atoms with E-state index in [4.69, 9.17) is 4.74 Å². The third-order valence-electron chi connectivity index (χ3n) is 4.95. The Hall–Kier alpha value is -2.76. The van der Waals surface area contributed by atoms with E-state index in [1.54, 1.807) is 19.0 Å². The van der Waals surface area contributed by atoms with Gasteiger partial charge >= 0.3 is 6.03 Å². The second-order valence-corrected chi connectivity index (χ2v) is 7.21. The highest BCUT2D eigenvalue weighted by molar-refractivity contribution is 5.84. The van der Waals surface area contributed by atoms with Gasteiger partial charge in [0.1, 0.15) is 5.75 Å². The van der Waals surface area contributed by atoms with Gasteiger partial charge in [-0.3, -0.25) is 4.79 Å². The highest BCUT2D eigenvalue weighted by Gasteiger charge is 2.23. The Kier molecular flexibility index (Phi) is 6.16. The Labute approximate surface area is 160 Å². The van der Waals surface area contributed by atoms with E-state index in [-0.39, 0.29) is 18.5 Å². The maximum atomic E-state index is 12.1. The van der Waals surface area contributed by atoms with Crippen LogP contribution in [-0.2, 0) is 4.79 Å². The average Bonchev–Trinajstić information content (AvgIpc) is 2.70. The molecule has 0 aromatic heterocycles. The molecule has 1 fully saturated rings. The van der Waals surface area contributed by atoms with Crippen LogP contribution in [0.15, 0.2) is 42.5 Å². The molecule has 1 heterocycles. The summed E-state index contributed by atoms with van der Waals surface area (Å²) in [5, 5.41) is 5.19. The number of hydrogen-bond donors (Lipinski definition) is 1. The quantitative estimate of drug-likeness (QED) is 0.882. The maximum Gasteiger partial charge on any atom is 0.319 e. The van der Waals surface area contributed by atoms with Gasteiger partial charge in [0.25, 0.3) is 5.91 Å². The maximum absolute atomic E-state index is 12.1. The summed E-state index contributed by atoms with van der Waals surface area (Å²) in [4.78, 5) is 27.5. The number of fused-ring (bicyclic) bond motifs is 1. The Bertz CT molecular complexity index is 798. The molecule has 2 aromatic rings. The molecule has 6 nitrogen and oxygen atoms in total. The minimum atomic E-state index is -0.116. The van der Waals surface area contributed by atoms with E-state index in [1.807, 2.05) is 47.4 Å². The van der Waals surface area contributed by atoms with Crippen LogP contribution in [0.2, 0.25) is 0 Å². The number of likely N-dealkylation sites (tertiary alicyclic amines) is 1. The standard InChI is InChI=1S/C21H27N3O3/c1-23(2)21(26)24-11-9-16(10-12-24)14-22-20(25)15-27-19-8-7-17-5-3-4-6-18(17)13-19/h3-8,13,16H,9-12,14-15H2,1-2H3,(H,22,25). The first-order valence-electron chi connectivity index (χ1n) is 9.37. The lowest BCUT2D eigenvalue weighted by molar-refractivity contribution is -0.123. The second-order valence-electron chi connectivity index (χ2n) is 7.21. The molecular weight excluding hydrogens is 342 g/mol. The lowest BCUT2D eigenvalue weighted by Crippen LogP contribution is -2.45. The van der Waals surface area contributed by atoms with Gasteiger partial charge in [-0.25, -0.2) is 4.79 Å². The Morgan fingerprint density at radius 1 is 1.11 bits per heavy atom. The lowest BCUT2D eigenvalue weighted by atomic mass is 9.97. The number of ether oxygens (including phenoxy) is 1. The molecule has 27 heavy (non-hydrogen) atoms. The van der Waals surface area contributed by atoms with Crippen molar-refractivity contribution in [1.82, 2.24) is 15.1 Å². The third-order valence-corrected chi connectivity index (χ3v) is 4.95. The third kappa shape index (κ3) is 5.12. The summed E-state index contributed by atoms with van der Waals surface area (Å²) in [6.45, 7) is 2.12. The van der Waals surface area contributed by atoms with Crippen molar-refractivity contribution < 1.29 is 14.3 Å². The first-order chi connectivity index (χ1) is 13.0. The lowest BCUT2D eigenvalue weighted by Gasteiger charge is -2.33. The highest BCUT2D eigenvalue weighted by Crippen LogP contribution is 2.20. The van der Waals surface area contributed by atoms with Crippen LogP contribution in [0.5, 0.6) is 5.75 Å². The molecule has 0 spiro atoms. The first kappa shape index (κ1) is 19.0. The van der Waals surface area contributed by atoms with Crippen molar-refractivity contribution in [3.05, 3.63) is 42.5 Å². The van der Waals surface area contributed by atoms with Crippen molar-refractivity contribution in [1.29, 1.82) is 0 Å². The molecule has 0 atom stereocenters. The molecule has 0 aliphatic carbocycles. The van der Waals surface area contributed by atoms with Crippen LogP contribution >= 0.6 is 0 Å². The summed E-state index contributed by atoms with van der Waals surface area (Å²) in [7, 11) is 3.54. The number of amides is 3. The first-order valence-corrected chi connectivity index (χ1v) is 9.37. The number of piperidine rings is 1. The summed E-state index contributed by atoms with van der Waals surface area (Å²) in [6.07, 6.45) is 1.82. The molecule has 1 N–H and O–H groups in total. The smallest absolute Gasteiger partial charge is 0.319 e. The van der Waals surface area contributed by atoms with E-state index in [2.05, 4.69) is 5.32 Å². The topological polar surface area (TPSA) is 61.9 Å². The molecule has 144 valence electrons. The molecule has 6 heteroatoms. The molecule has 0 radical (unpaired) electrons. The number of nitrogens with zero attached hydrogens (tertiary/aromatic N) is 2. The van der Waals surface area contributed by atoms with Gasteiger partial charge < -0.3 is 19.9 Å². The molecule has 3 rings (SSSR count). The van der Waals surface area contributed by atoms with E-state index in [0.717, 1.165) is 36.7 Å². The van der Waals surface area contributed by atoms with Gasteiger partial charge in [0.05, 0.1) is 0 Å². The zero-order valence-electron chi connectivity index (χ0n) is 16.0. The minimum Gasteiger partial charge on any atom is -0.484 e. The van der Waals surface area contributed by atoms with Crippen molar-refractivity contribution in [3.8, 4) is 5.75 Å². The average molecular weight is 369 g/mol. The fraction of sp³-hybridized carbons (Fsp3) is 0.429. The largest absolute Gasteiger partial charge is 0.484 e. The van der Waals surface area contributed by atoms with Gasteiger partial charge in [0, 0.05) is 33.7 Å². The Balaban J connectivity index is 1.39. The summed E-state index contributed by atoms with van der Waals surface area (Å²) < 4.78 is 5.62.